The monoisotopic (exact) mass is 312 g/mol. The average molecular weight is 312 g/mol. The van der Waals surface area contributed by atoms with Gasteiger partial charge in [0, 0.05) is 32.2 Å². The zero-order valence-electron chi connectivity index (χ0n) is 12.6. The number of hydrogen-bond donors (Lipinski definition) is 2. The molecule has 1 saturated heterocycles. The van der Waals surface area contributed by atoms with E-state index < -0.39 is 0 Å². The largest absolute Gasteiger partial charge is 0.363 e. The molecule has 0 saturated carbocycles. The van der Waals surface area contributed by atoms with Crippen LogP contribution in [0.25, 0.3) is 0 Å². The molecule has 0 aromatic carbocycles. The van der Waals surface area contributed by atoms with E-state index in [0.29, 0.717) is 19.0 Å². The lowest BCUT2D eigenvalue weighted by Gasteiger charge is -2.33. The maximum Gasteiger partial charge on any atom is 0.191 e. The lowest BCUT2D eigenvalue weighted by molar-refractivity contribution is 0.460. The first-order chi connectivity index (χ1) is 10.3. The molecule has 1 aliphatic rings. The molecule has 0 aliphatic carbocycles. The molecule has 0 unspecified atom stereocenters. The van der Waals surface area contributed by atoms with Gasteiger partial charge in [-0.3, -0.25) is 9.38 Å². The van der Waals surface area contributed by atoms with Crippen LogP contribution in [0.5, 0.6) is 0 Å². The van der Waals surface area contributed by atoms with Crippen LogP contribution in [-0.4, -0.2) is 44.9 Å². The van der Waals surface area contributed by atoms with Gasteiger partial charge in [0.05, 0.1) is 11.7 Å². The molecule has 2 heterocycles. The van der Waals surface area contributed by atoms with E-state index in [1.807, 2.05) is 6.92 Å². The Balaban J connectivity index is 1.79. The minimum atomic E-state index is -0.303. The van der Waals surface area contributed by atoms with Gasteiger partial charge in [0.25, 0.3) is 0 Å². The number of nitrogens with zero attached hydrogens (tertiary/aromatic N) is 2. The third kappa shape index (κ3) is 5.19. The highest BCUT2D eigenvalue weighted by Gasteiger charge is 2.20. The van der Waals surface area contributed by atoms with Crippen LogP contribution < -0.4 is 15.5 Å². The molecule has 6 heteroatoms. The minimum absolute atomic E-state index is 0.303. The molecule has 0 bridgehead atoms. The summed E-state index contributed by atoms with van der Waals surface area (Å²) < 4.78 is 12.2. The van der Waals surface area contributed by atoms with E-state index in [1.54, 1.807) is 11.3 Å². The summed E-state index contributed by atoms with van der Waals surface area (Å²) in [6.45, 7) is 5.26. The third-order valence-electron chi connectivity index (χ3n) is 3.56. The summed E-state index contributed by atoms with van der Waals surface area (Å²) in [7, 11) is 0. The Bertz CT molecular complexity index is 413. The summed E-state index contributed by atoms with van der Waals surface area (Å²) in [4.78, 5) is 6.85. The van der Waals surface area contributed by atoms with E-state index in [-0.39, 0.29) is 6.67 Å². The number of alkyl halides is 1. The van der Waals surface area contributed by atoms with Crippen molar-refractivity contribution < 1.29 is 4.39 Å². The van der Waals surface area contributed by atoms with Crippen molar-refractivity contribution in [1.82, 2.24) is 10.6 Å². The van der Waals surface area contributed by atoms with Crippen LogP contribution in [0.15, 0.2) is 22.5 Å². The summed E-state index contributed by atoms with van der Waals surface area (Å²) in [5.41, 5.74) is 0. The van der Waals surface area contributed by atoms with E-state index in [2.05, 4.69) is 38.0 Å². The predicted octanol–water partition coefficient (Wildman–Crippen LogP) is 2.63. The molecule has 21 heavy (non-hydrogen) atoms. The lowest BCUT2D eigenvalue weighted by Crippen LogP contribution is -2.48. The fourth-order valence-electron chi connectivity index (χ4n) is 2.46. The number of anilines is 1. The predicted molar refractivity (Wildman–Crippen MR) is 89.3 cm³/mol. The van der Waals surface area contributed by atoms with Crippen molar-refractivity contribution in [3.8, 4) is 0 Å². The van der Waals surface area contributed by atoms with Gasteiger partial charge in [0.15, 0.2) is 5.96 Å². The first kappa shape index (κ1) is 16.1. The van der Waals surface area contributed by atoms with E-state index in [0.717, 1.165) is 38.4 Å². The molecule has 1 aromatic heterocycles. The van der Waals surface area contributed by atoms with Crippen LogP contribution in [0.2, 0.25) is 0 Å². The fraction of sp³-hybridized carbons (Fsp3) is 0.667. The molecule has 0 atom stereocenters. The van der Waals surface area contributed by atoms with Crippen molar-refractivity contribution in [3.05, 3.63) is 17.5 Å². The highest BCUT2D eigenvalue weighted by Crippen LogP contribution is 2.24. The Hall–Kier alpha value is -1.30. The van der Waals surface area contributed by atoms with E-state index >= 15 is 0 Å². The first-order valence-corrected chi connectivity index (χ1v) is 8.60. The number of aliphatic imine (C=N–C) groups is 1. The van der Waals surface area contributed by atoms with Crippen LogP contribution in [-0.2, 0) is 0 Å². The number of hydrogen-bond acceptors (Lipinski definition) is 3. The molecular weight excluding hydrogens is 287 g/mol. The molecule has 0 radical (unpaired) electrons. The van der Waals surface area contributed by atoms with Crippen molar-refractivity contribution in [3.63, 3.8) is 0 Å². The molecule has 0 spiro atoms. The Labute approximate surface area is 130 Å². The van der Waals surface area contributed by atoms with Crippen LogP contribution in [0, 0.1) is 0 Å². The summed E-state index contributed by atoms with van der Waals surface area (Å²) in [5, 5.41) is 10.2. The van der Waals surface area contributed by atoms with Gasteiger partial charge >= 0.3 is 0 Å². The number of thiophene rings is 1. The van der Waals surface area contributed by atoms with Crippen molar-refractivity contribution >= 4 is 22.3 Å². The molecule has 2 rings (SSSR count). The van der Waals surface area contributed by atoms with E-state index in [9.17, 15) is 4.39 Å². The quantitative estimate of drug-likeness (QED) is 0.482. The van der Waals surface area contributed by atoms with Crippen LogP contribution in [0.1, 0.15) is 26.2 Å². The summed E-state index contributed by atoms with van der Waals surface area (Å²) >= 11 is 1.80. The molecule has 4 nitrogen and oxygen atoms in total. The van der Waals surface area contributed by atoms with Crippen LogP contribution >= 0.6 is 11.3 Å². The zero-order valence-corrected chi connectivity index (χ0v) is 13.5. The average Bonchev–Trinajstić information content (AvgIpc) is 3.03. The molecule has 1 aliphatic heterocycles. The van der Waals surface area contributed by atoms with Crippen molar-refractivity contribution in [2.24, 2.45) is 4.99 Å². The molecular formula is C15H25FN4S. The molecule has 1 aromatic rings. The summed E-state index contributed by atoms with van der Waals surface area (Å²) in [6.07, 6.45) is 2.70. The Morgan fingerprint density at radius 3 is 2.90 bits per heavy atom. The summed E-state index contributed by atoms with van der Waals surface area (Å²) in [6, 6.07) is 4.73. The molecule has 0 amide bonds. The number of rotatable bonds is 6. The van der Waals surface area contributed by atoms with Gasteiger partial charge in [-0.1, -0.05) is 0 Å². The third-order valence-corrected chi connectivity index (χ3v) is 4.49. The van der Waals surface area contributed by atoms with Gasteiger partial charge in [-0.15, -0.1) is 11.3 Å². The van der Waals surface area contributed by atoms with Gasteiger partial charge in [0.2, 0.25) is 0 Å². The second-order valence-electron chi connectivity index (χ2n) is 5.16. The highest BCUT2D eigenvalue weighted by molar-refractivity contribution is 7.14. The number of halogens is 1. The van der Waals surface area contributed by atoms with Crippen molar-refractivity contribution in [2.45, 2.75) is 32.2 Å². The van der Waals surface area contributed by atoms with Gasteiger partial charge in [-0.05, 0) is 43.7 Å². The van der Waals surface area contributed by atoms with Gasteiger partial charge < -0.3 is 15.5 Å². The molecule has 1 fully saturated rings. The Kier molecular flexibility index (Phi) is 6.79. The Morgan fingerprint density at radius 1 is 1.48 bits per heavy atom. The first-order valence-electron chi connectivity index (χ1n) is 7.72. The second kappa shape index (κ2) is 8.87. The van der Waals surface area contributed by atoms with Crippen molar-refractivity contribution in [2.75, 3.05) is 37.8 Å². The fourth-order valence-corrected chi connectivity index (χ4v) is 3.24. The van der Waals surface area contributed by atoms with Crippen LogP contribution in [0.3, 0.4) is 0 Å². The second-order valence-corrected chi connectivity index (χ2v) is 6.09. The summed E-state index contributed by atoms with van der Waals surface area (Å²) in [5.74, 6) is 0.820. The van der Waals surface area contributed by atoms with Gasteiger partial charge in [0.1, 0.15) is 0 Å². The highest BCUT2D eigenvalue weighted by atomic mass is 32.1. The van der Waals surface area contributed by atoms with Gasteiger partial charge in [-0.25, -0.2) is 0 Å². The topological polar surface area (TPSA) is 39.7 Å². The number of guanidine groups is 1. The smallest absolute Gasteiger partial charge is 0.191 e. The van der Waals surface area contributed by atoms with E-state index in [1.165, 1.54) is 5.00 Å². The lowest BCUT2D eigenvalue weighted by atomic mass is 10.1. The van der Waals surface area contributed by atoms with Gasteiger partial charge in [-0.2, -0.15) is 0 Å². The molecule has 2 N–H and O–H groups in total. The van der Waals surface area contributed by atoms with E-state index in [4.69, 9.17) is 0 Å². The molecule has 118 valence electrons. The minimum Gasteiger partial charge on any atom is -0.363 e. The maximum atomic E-state index is 12.2. The normalized spacial score (nSPS) is 17.0. The maximum absolute atomic E-state index is 12.2. The van der Waals surface area contributed by atoms with Crippen molar-refractivity contribution in [1.29, 1.82) is 0 Å². The SMILES string of the molecule is CCNC(=NCCCF)NC1CCN(c2cccs2)CC1. The standard InChI is InChI=1S/C15H25FN4S/c1-2-17-15(18-9-4-8-16)19-13-6-10-20(11-7-13)14-5-3-12-21-14/h3,5,12-13H,2,4,6-11H2,1H3,(H2,17,18,19). The number of nitrogens with one attached hydrogen (secondary N) is 2. The van der Waals surface area contributed by atoms with Crippen LogP contribution in [0.4, 0.5) is 9.39 Å². The zero-order chi connectivity index (χ0) is 14.9. The Morgan fingerprint density at radius 2 is 2.29 bits per heavy atom. The number of piperidine rings is 1.